The van der Waals surface area contributed by atoms with E-state index in [1.165, 1.54) is 4.88 Å². The van der Waals surface area contributed by atoms with Crippen molar-refractivity contribution in [3.63, 3.8) is 0 Å². The van der Waals surface area contributed by atoms with Gasteiger partial charge in [0.2, 0.25) is 0 Å². The highest BCUT2D eigenvalue weighted by molar-refractivity contribution is 7.09. The molecule has 3 nitrogen and oxygen atoms in total. The van der Waals surface area contributed by atoms with Crippen LogP contribution in [0.25, 0.3) is 0 Å². The second kappa shape index (κ2) is 7.54. The van der Waals surface area contributed by atoms with Crippen LogP contribution >= 0.6 is 11.3 Å². The van der Waals surface area contributed by atoms with Gasteiger partial charge >= 0.3 is 0 Å². The van der Waals surface area contributed by atoms with E-state index in [4.69, 9.17) is 4.74 Å². The van der Waals surface area contributed by atoms with Crippen molar-refractivity contribution in [2.45, 2.75) is 20.3 Å². The lowest BCUT2D eigenvalue weighted by molar-refractivity contribution is 0.158. The molecular weight excluding hydrogens is 220 g/mol. The minimum Gasteiger partial charge on any atom is -0.376 e. The lowest BCUT2D eigenvalue weighted by Crippen LogP contribution is -2.22. The number of nitrogens with zero attached hydrogens (tertiary/aromatic N) is 1. The molecule has 0 saturated heterocycles. The van der Waals surface area contributed by atoms with Gasteiger partial charge in [0.25, 0.3) is 0 Å². The highest BCUT2D eigenvalue weighted by atomic mass is 32.1. The molecule has 0 aliphatic rings. The van der Waals surface area contributed by atoms with E-state index in [9.17, 15) is 0 Å². The van der Waals surface area contributed by atoms with Gasteiger partial charge in [0.05, 0.1) is 24.4 Å². The summed E-state index contributed by atoms with van der Waals surface area (Å²) in [6, 6.07) is 0. The Balaban J connectivity index is 1.96. The minimum absolute atomic E-state index is 0.662. The van der Waals surface area contributed by atoms with Crippen LogP contribution in [-0.4, -0.2) is 31.3 Å². The molecule has 0 spiro atoms. The Hall–Kier alpha value is -0.710. The molecule has 1 heterocycles. The highest BCUT2D eigenvalue weighted by Crippen LogP contribution is 2.11. The summed E-state index contributed by atoms with van der Waals surface area (Å²) < 4.78 is 5.38. The number of nitrogens with one attached hydrogen (secondary N) is 1. The topological polar surface area (TPSA) is 34.1 Å². The molecule has 1 aromatic rings. The van der Waals surface area contributed by atoms with Crippen LogP contribution in [0.1, 0.15) is 17.5 Å². The van der Waals surface area contributed by atoms with Crippen LogP contribution in [-0.2, 0) is 11.2 Å². The van der Waals surface area contributed by atoms with Gasteiger partial charge < -0.3 is 10.1 Å². The van der Waals surface area contributed by atoms with Gasteiger partial charge in [0, 0.05) is 18.0 Å². The lowest BCUT2D eigenvalue weighted by atomic mass is 10.3. The van der Waals surface area contributed by atoms with Gasteiger partial charge in [-0.3, -0.25) is 0 Å². The summed E-state index contributed by atoms with van der Waals surface area (Å²) in [5, 5.41) is 3.35. The maximum atomic E-state index is 5.38. The zero-order valence-corrected chi connectivity index (χ0v) is 10.9. The summed E-state index contributed by atoms with van der Waals surface area (Å²) in [7, 11) is 0. The lowest BCUT2D eigenvalue weighted by Gasteiger charge is -2.05. The third-order valence-electron chi connectivity index (χ3n) is 2.15. The van der Waals surface area contributed by atoms with Crippen LogP contribution < -0.4 is 5.32 Å². The first kappa shape index (κ1) is 13.4. The number of aryl methyl sites for hydroxylation is 1. The molecule has 1 N–H and O–H groups in total. The Kier molecular flexibility index (Phi) is 6.30. The van der Waals surface area contributed by atoms with E-state index < -0.39 is 0 Å². The van der Waals surface area contributed by atoms with Gasteiger partial charge in [0.1, 0.15) is 0 Å². The average Bonchev–Trinajstić information content (AvgIpc) is 2.62. The standard InChI is InChI=1S/C12H20N2OS/c1-10(2)8-15-7-6-13-5-4-12-11(3)14-9-16-12/h9,13H,1,4-8H2,2-3H3. The zero-order chi connectivity index (χ0) is 11.8. The Labute approximate surface area is 102 Å². The Morgan fingerprint density at radius 3 is 3.00 bits per heavy atom. The molecule has 0 atom stereocenters. The van der Waals surface area contributed by atoms with Crippen LogP contribution in [0.2, 0.25) is 0 Å². The molecular formula is C12H20N2OS. The first-order chi connectivity index (χ1) is 7.70. The summed E-state index contributed by atoms with van der Waals surface area (Å²) in [6.45, 7) is 11.1. The summed E-state index contributed by atoms with van der Waals surface area (Å²) in [5.41, 5.74) is 4.13. The molecule has 0 radical (unpaired) electrons. The number of aromatic nitrogens is 1. The molecule has 0 bridgehead atoms. The molecule has 0 fully saturated rings. The van der Waals surface area contributed by atoms with E-state index in [0.29, 0.717) is 6.61 Å². The molecule has 1 aromatic heterocycles. The third-order valence-corrected chi connectivity index (χ3v) is 3.14. The predicted molar refractivity (Wildman–Crippen MR) is 69.1 cm³/mol. The average molecular weight is 240 g/mol. The van der Waals surface area contributed by atoms with Crippen LogP contribution in [0.3, 0.4) is 0 Å². The molecule has 0 saturated carbocycles. The first-order valence-electron chi connectivity index (χ1n) is 5.52. The highest BCUT2D eigenvalue weighted by Gasteiger charge is 1.99. The molecule has 0 aromatic carbocycles. The molecule has 1 rings (SSSR count). The van der Waals surface area contributed by atoms with Crippen molar-refractivity contribution in [2.24, 2.45) is 0 Å². The van der Waals surface area contributed by atoms with E-state index in [2.05, 4.69) is 23.8 Å². The van der Waals surface area contributed by atoms with Crippen molar-refractivity contribution in [1.82, 2.24) is 10.3 Å². The van der Waals surface area contributed by atoms with Crippen molar-refractivity contribution >= 4 is 11.3 Å². The van der Waals surface area contributed by atoms with Crippen molar-refractivity contribution in [3.05, 3.63) is 28.2 Å². The second-order valence-corrected chi connectivity index (χ2v) is 4.81. The molecule has 0 unspecified atom stereocenters. The largest absolute Gasteiger partial charge is 0.376 e. The SMILES string of the molecule is C=C(C)COCCNCCc1scnc1C. The zero-order valence-electron chi connectivity index (χ0n) is 10.1. The van der Waals surface area contributed by atoms with E-state index in [-0.39, 0.29) is 0 Å². The first-order valence-corrected chi connectivity index (χ1v) is 6.40. The predicted octanol–water partition coefficient (Wildman–Crippen LogP) is 2.18. The number of ether oxygens (including phenoxy) is 1. The van der Waals surface area contributed by atoms with Gasteiger partial charge in [-0.05, 0) is 20.3 Å². The fraction of sp³-hybridized carbons (Fsp3) is 0.583. The summed E-state index contributed by atoms with van der Waals surface area (Å²) >= 11 is 1.73. The summed E-state index contributed by atoms with van der Waals surface area (Å²) in [4.78, 5) is 5.59. The van der Waals surface area contributed by atoms with Gasteiger partial charge in [-0.25, -0.2) is 4.98 Å². The maximum Gasteiger partial charge on any atom is 0.0797 e. The molecule has 4 heteroatoms. The maximum absolute atomic E-state index is 5.38. The molecule has 0 aliphatic heterocycles. The van der Waals surface area contributed by atoms with E-state index in [1.807, 2.05) is 12.4 Å². The van der Waals surface area contributed by atoms with Crippen molar-refractivity contribution in [1.29, 1.82) is 0 Å². The fourth-order valence-electron chi connectivity index (χ4n) is 1.28. The third kappa shape index (κ3) is 5.39. The van der Waals surface area contributed by atoms with Gasteiger partial charge in [-0.1, -0.05) is 12.2 Å². The van der Waals surface area contributed by atoms with E-state index in [1.54, 1.807) is 11.3 Å². The summed E-state index contributed by atoms with van der Waals surface area (Å²) in [5.74, 6) is 0. The second-order valence-electron chi connectivity index (χ2n) is 3.87. The van der Waals surface area contributed by atoms with Crippen molar-refractivity contribution < 1.29 is 4.74 Å². The normalized spacial score (nSPS) is 10.6. The number of rotatable bonds is 8. The van der Waals surface area contributed by atoms with Gasteiger partial charge in [-0.15, -0.1) is 11.3 Å². The number of hydrogen-bond donors (Lipinski definition) is 1. The monoisotopic (exact) mass is 240 g/mol. The van der Waals surface area contributed by atoms with Crippen LogP contribution in [0.15, 0.2) is 17.7 Å². The fourth-order valence-corrected chi connectivity index (χ4v) is 2.07. The van der Waals surface area contributed by atoms with Crippen LogP contribution in [0.5, 0.6) is 0 Å². The van der Waals surface area contributed by atoms with Crippen molar-refractivity contribution in [2.75, 3.05) is 26.3 Å². The van der Waals surface area contributed by atoms with E-state index in [0.717, 1.165) is 37.4 Å². The Morgan fingerprint density at radius 1 is 1.56 bits per heavy atom. The van der Waals surface area contributed by atoms with E-state index >= 15 is 0 Å². The van der Waals surface area contributed by atoms with Gasteiger partial charge in [0.15, 0.2) is 0 Å². The van der Waals surface area contributed by atoms with Crippen LogP contribution in [0.4, 0.5) is 0 Å². The van der Waals surface area contributed by atoms with Gasteiger partial charge in [-0.2, -0.15) is 0 Å². The van der Waals surface area contributed by atoms with Crippen molar-refractivity contribution in [3.8, 4) is 0 Å². The Bertz CT molecular complexity index is 323. The number of hydrogen-bond acceptors (Lipinski definition) is 4. The molecule has 16 heavy (non-hydrogen) atoms. The van der Waals surface area contributed by atoms with Crippen LogP contribution in [0, 0.1) is 6.92 Å². The summed E-state index contributed by atoms with van der Waals surface area (Å²) in [6.07, 6.45) is 1.05. The molecule has 90 valence electrons. The smallest absolute Gasteiger partial charge is 0.0797 e. The quantitative estimate of drug-likeness (QED) is 0.558. The number of thiazole rings is 1. The molecule has 0 aliphatic carbocycles. The Morgan fingerprint density at radius 2 is 2.38 bits per heavy atom. The molecule has 0 amide bonds. The minimum atomic E-state index is 0.662.